The molecule has 6 heteroatoms. The Kier molecular flexibility index (Phi) is 4.02. The highest BCUT2D eigenvalue weighted by Gasteiger charge is 2.51. The van der Waals surface area contributed by atoms with Gasteiger partial charge in [-0.3, -0.25) is 4.79 Å². The van der Waals surface area contributed by atoms with Crippen LogP contribution in [0.3, 0.4) is 0 Å². The van der Waals surface area contributed by atoms with Gasteiger partial charge in [-0.15, -0.1) is 0 Å². The molecule has 0 N–H and O–H groups in total. The molecule has 0 aromatic heterocycles. The van der Waals surface area contributed by atoms with Gasteiger partial charge >= 0.3 is 7.12 Å². The molecule has 1 aliphatic carbocycles. The second-order valence-corrected chi connectivity index (χ2v) is 7.88. The average Bonchev–Trinajstić information content (AvgIpc) is 3.26. The Morgan fingerprint density at radius 2 is 1.78 bits per heavy atom. The lowest BCUT2D eigenvalue weighted by Gasteiger charge is -2.32. The summed E-state index contributed by atoms with van der Waals surface area (Å²) in [6, 6.07) is 5.75. The summed E-state index contributed by atoms with van der Waals surface area (Å²) in [4.78, 5) is 14.4. The monoisotopic (exact) mass is 335 g/mol. The van der Waals surface area contributed by atoms with Crippen molar-refractivity contribution in [1.29, 1.82) is 0 Å². The van der Waals surface area contributed by atoms with Crippen LogP contribution in [0.25, 0.3) is 0 Å². The predicted octanol–water partition coefficient (Wildman–Crippen LogP) is 2.87. The molecule has 1 aliphatic heterocycles. The van der Waals surface area contributed by atoms with Crippen LogP contribution in [0, 0.1) is 0 Å². The Labute approximate surface area is 143 Å². The number of carbonyl (C=O) groups excluding carboxylic acids is 1. The van der Waals surface area contributed by atoms with Gasteiger partial charge in [0.25, 0.3) is 5.91 Å². The van der Waals surface area contributed by atoms with E-state index in [1.807, 2.05) is 40.8 Å². The van der Waals surface area contributed by atoms with Crippen LogP contribution < -0.4 is 5.46 Å². The van der Waals surface area contributed by atoms with E-state index in [2.05, 4.69) is 0 Å². The maximum absolute atomic E-state index is 12.6. The van der Waals surface area contributed by atoms with Gasteiger partial charge in [-0.05, 0) is 58.1 Å². The lowest BCUT2D eigenvalue weighted by Crippen LogP contribution is -2.41. The standard InChI is InChI=1S/C17H23BClNO3/c1-16(2)17(3,4)23-18(22-16)11-6-9-14(19)13(10-11)15(21)20(5)12-7-8-12/h6,9-10,12H,7-8H2,1-5H3. The van der Waals surface area contributed by atoms with Crippen molar-refractivity contribution in [3.63, 3.8) is 0 Å². The third-order valence-corrected chi connectivity index (χ3v) is 5.49. The summed E-state index contributed by atoms with van der Waals surface area (Å²) in [6.45, 7) is 8.04. The van der Waals surface area contributed by atoms with Gasteiger partial charge in [-0.25, -0.2) is 0 Å². The van der Waals surface area contributed by atoms with Crippen molar-refractivity contribution in [2.45, 2.75) is 57.8 Å². The molecule has 3 rings (SSSR count). The van der Waals surface area contributed by atoms with E-state index < -0.39 is 18.3 Å². The summed E-state index contributed by atoms with van der Waals surface area (Å²) in [5.74, 6) is -0.0455. The molecule has 1 saturated heterocycles. The minimum absolute atomic E-state index is 0.0455. The van der Waals surface area contributed by atoms with Crippen LogP contribution >= 0.6 is 11.6 Å². The van der Waals surface area contributed by atoms with Crippen LogP contribution in [0.5, 0.6) is 0 Å². The lowest BCUT2D eigenvalue weighted by molar-refractivity contribution is 0.00578. The summed E-state index contributed by atoms with van der Waals surface area (Å²) >= 11 is 6.25. The maximum Gasteiger partial charge on any atom is 0.494 e. The molecule has 0 atom stereocenters. The second kappa shape index (κ2) is 5.50. The molecule has 0 bridgehead atoms. The molecule has 1 saturated carbocycles. The largest absolute Gasteiger partial charge is 0.494 e. The number of carbonyl (C=O) groups is 1. The Bertz CT molecular complexity index is 627. The smallest absolute Gasteiger partial charge is 0.399 e. The third-order valence-electron chi connectivity index (χ3n) is 5.16. The highest BCUT2D eigenvalue weighted by Crippen LogP contribution is 2.36. The van der Waals surface area contributed by atoms with Crippen LogP contribution in [0.15, 0.2) is 18.2 Å². The molecule has 1 heterocycles. The number of amides is 1. The van der Waals surface area contributed by atoms with Gasteiger partial charge in [-0.2, -0.15) is 0 Å². The number of hydrogen-bond acceptors (Lipinski definition) is 3. The highest BCUT2D eigenvalue weighted by molar-refractivity contribution is 6.62. The molecule has 0 radical (unpaired) electrons. The first-order chi connectivity index (χ1) is 10.6. The van der Waals surface area contributed by atoms with Gasteiger partial charge in [0.05, 0.1) is 21.8 Å². The topological polar surface area (TPSA) is 38.8 Å². The molecule has 124 valence electrons. The van der Waals surface area contributed by atoms with Crippen molar-refractivity contribution in [2.24, 2.45) is 0 Å². The molecule has 0 spiro atoms. The minimum atomic E-state index is -0.491. The molecule has 1 aromatic carbocycles. The van der Waals surface area contributed by atoms with Crippen LogP contribution in [-0.4, -0.2) is 42.2 Å². The number of nitrogens with zero attached hydrogens (tertiary/aromatic N) is 1. The maximum atomic E-state index is 12.6. The Hall–Kier alpha value is -1.04. The van der Waals surface area contributed by atoms with E-state index in [-0.39, 0.29) is 5.91 Å². The first kappa shape index (κ1) is 16.8. The van der Waals surface area contributed by atoms with Crippen molar-refractivity contribution < 1.29 is 14.1 Å². The van der Waals surface area contributed by atoms with Gasteiger partial charge < -0.3 is 14.2 Å². The molecule has 2 fully saturated rings. The fourth-order valence-electron chi connectivity index (χ4n) is 2.65. The van der Waals surface area contributed by atoms with Gasteiger partial charge in [0.2, 0.25) is 0 Å². The Morgan fingerprint density at radius 3 is 2.30 bits per heavy atom. The number of benzene rings is 1. The van der Waals surface area contributed by atoms with Crippen molar-refractivity contribution in [1.82, 2.24) is 4.90 Å². The van der Waals surface area contributed by atoms with E-state index in [0.717, 1.165) is 18.3 Å². The number of halogens is 1. The summed E-state index contributed by atoms with van der Waals surface area (Å²) < 4.78 is 12.1. The summed E-state index contributed by atoms with van der Waals surface area (Å²) in [6.07, 6.45) is 2.13. The van der Waals surface area contributed by atoms with E-state index in [1.165, 1.54) is 0 Å². The van der Waals surface area contributed by atoms with E-state index >= 15 is 0 Å². The van der Waals surface area contributed by atoms with Crippen LogP contribution in [0.2, 0.25) is 5.02 Å². The second-order valence-electron chi connectivity index (χ2n) is 7.47. The molecule has 1 aromatic rings. The average molecular weight is 336 g/mol. The van der Waals surface area contributed by atoms with Crippen molar-refractivity contribution >= 4 is 30.1 Å². The first-order valence-corrected chi connectivity index (χ1v) is 8.42. The molecule has 0 unspecified atom stereocenters. The zero-order valence-electron chi connectivity index (χ0n) is 14.4. The van der Waals surface area contributed by atoms with Crippen LogP contribution in [-0.2, 0) is 9.31 Å². The SMILES string of the molecule is CN(C(=O)c1cc(B2OC(C)(C)C(C)(C)O2)ccc1Cl)C1CC1. The fraction of sp³-hybridized carbons (Fsp3) is 0.588. The summed E-state index contributed by atoms with van der Waals surface area (Å²) in [5.41, 5.74) is 0.507. The lowest BCUT2D eigenvalue weighted by atomic mass is 9.78. The van der Waals surface area contributed by atoms with Crippen LogP contribution in [0.1, 0.15) is 50.9 Å². The van der Waals surface area contributed by atoms with Gasteiger partial charge in [0.1, 0.15) is 0 Å². The summed E-state index contributed by atoms with van der Waals surface area (Å²) in [7, 11) is 1.34. The van der Waals surface area contributed by atoms with E-state index in [9.17, 15) is 4.79 Å². The first-order valence-electron chi connectivity index (χ1n) is 8.04. The third kappa shape index (κ3) is 3.02. The molecule has 2 aliphatic rings. The van der Waals surface area contributed by atoms with Crippen molar-refractivity contribution in [3.05, 3.63) is 28.8 Å². The van der Waals surface area contributed by atoms with Gasteiger partial charge in [0, 0.05) is 13.1 Å². The normalized spacial score (nSPS) is 22.3. The zero-order valence-corrected chi connectivity index (χ0v) is 15.1. The predicted molar refractivity (Wildman–Crippen MR) is 92.3 cm³/mol. The van der Waals surface area contributed by atoms with Gasteiger partial charge in [-0.1, -0.05) is 17.7 Å². The van der Waals surface area contributed by atoms with Gasteiger partial charge in [0.15, 0.2) is 0 Å². The van der Waals surface area contributed by atoms with Crippen LogP contribution in [0.4, 0.5) is 0 Å². The molecule has 4 nitrogen and oxygen atoms in total. The summed E-state index contributed by atoms with van der Waals surface area (Å²) in [5, 5.41) is 0.461. The molecular weight excluding hydrogens is 312 g/mol. The molecule has 1 amide bonds. The number of hydrogen-bond donors (Lipinski definition) is 0. The highest BCUT2D eigenvalue weighted by atomic mass is 35.5. The quantitative estimate of drug-likeness (QED) is 0.797. The van der Waals surface area contributed by atoms with Crippen molar-refractivity contribution in [2.75, 3.05) is 7.05 Å². The van der Waals surface area contributed by atoms with E-state index in [1.54, 1.807) is 17.0 Å². The van der Waals surface area contributed by atoms with E-state index in [4.69, 9.17) is 20.9 Å². The van der Waals surface area contributed by atoms with E-state index in [0.29, 0.717) is 16.6 Å². The Balaban J connectivity index is 1.88. The van der Waals surface area contributed by atoms with Crippen molar-refractivity contribution in [3.8, 4) is 0 Å². The fourth-order valence-corrected chi connectivity index (χ4v) is 2.85. The molecule has 23 heavy (non-hydrogen) atoms. The number of rotatable bonds is 3. The Morgan fingerprint density at radius 1 is 1.22 bits per heavy atom. The molecular formula is C17H23BClNO3. The minimum Gasteiger partial charge on any atom is -0.399 e. The zero-order chi connectivity index (χ0) is 17.0.